The SMILES string of the molecule is CC(C(=O)Nc1sccc1C(N)=O)N(C)Cc1ccc(F)cc1F. The van der Waals surface area contributed by atoms with Gasteiger partial charge in [-0.2, -0.15) is 0 Å². The molecule has 0 spiro atoms. The van der Waals surface area contributed by atoms with Crippen LogP contribution in [0.25, 0.3) is 0 Å². The highest BCUT2D eigenvalue weighted by atomic mass is 32.1. The summed E-state index contributed by atoms with van der Waals surface area (Å²) >= 11 is 1.19. The molecule has 0 fully saturated rings. The van der Waals surface area contributed by atoms with Crippen molar-refractivity contribution in [3.05, 3.63) is 52.4 Å². The van der Waals surface area contributed by atoms with E-state index in [-0.39, 0.29) is 23.6 Å². The third kappa shape index (κ3) is 4.15. The number of rotatable bonds is 6. The Balaban J connectivity index is 2.04. The molecule has 24 heavy (non-hydrogen) atoms. The van der Waals surface area contributed by atoms with Gasteiger partial charge in [-0.3, -0.25) is 14.5 Å². The van der Waals surface area contributed by atoms with Crippen LogP contribution in [0.2, 0.25) is 0 Å². The maximum atomic E-state index is 13.7. The van der Waals surface area contributed by atoms with E-state index in [9.17, 15) is 18.4 Å². The Morgan fingerprint density at radius 3 is 2.67 bits per heavy atom. The van der Waals surface area contributed by atoms with Crippen LogP contribution in [0.15, 0.2) is 29.6 Å². The highest BCUT2D eigenvalue weighted by Crippen LogP contribution is 2.23. The summed E-state index contributed by atoms with van der Waals surface area (Å²) in [7, 11) is 1.65. The van der Waals surface area contributed by atoms with E-state index in [1.54, 1.807) is 24.3 Å². The van der Waals surface area contributed by atoms with Crippen LogP contribution >= 0.6 is 11.3 Å². The quantitative estimate of drug-likeness (QED) is 0.838. The lowest BCUT2D eigenvalue weighted by atomic mass is 10.1. The first-order chi connectivity index (χ1) is 11.3. The zero-order valence-corrected chi connectivity index (χ0v) is 14.0. The van der Waals surface area contributed by atoms with Crippen LogP contribution in [0.3, 0.4) is 0 Å². The molecule has 2 amide bonds. The predicted octanol–water partition coefficient (Wildman–Crippen LogP) is 2.58. The van der Waals surface area contributed by atoms with Gasteiger partial charge in [-0.15, -0.1) is 11.3 Å². The molecule has 1 aromatic heterocycles. The average molecular weight is 353 g/mol. The van der Waals surface area contributed by atoms with E-state index in [4.69, 9.17) is 5.73 Å². The second-order valence-corrected chi connectivity index (χ2v) is 6.26. The number of hydrogen-bond acceptors (Lipinski definition) is 4. The molecule has 0 aliphatic heterocycles. The highest BCUT2D eigenvalue weighted by Gasteiger charge is 2.21. The number of hydrogen-bond donors (Lipinski definition) is 2. The number of nitrogens with one attached hydrogen (secondary N) is 1. The van der Waals surface area contributed by atoms with Crippen molar-refractivity contribution in [2.45, 2.75) is 19.5 Å². The molecular weight excluding hydrogens is 336 g/mol. The van der Waals surface area contributed by atoms with Crippen LogP contribution < -0.4 is 11.1 Å². The largest absolute Gasteiger partial charge is 0.366 e. The maximum absolute atomic E-state index is 13.7. The third-order valence-corrected chi connectivity index (χ3v) is 4.47. The standard InChI is InChI=1S/C16H17F2N3O2S/c1-9(15(23)20-16-12(14(19)22)5-6-24-16)21(2)8-10-3-4-11(17)7-13(10)18/h3-7,9H,8H2,1-2H3,(H2,19,22)(H,20,23). The summed E-state index contributed by atoms with van der Waals surface area (Å²) in [6.45, 7) is 1.78. The first kappa shape index (κ1) is 18.0. The first-order valence-corrected chi connectivity index (χ1v) is 8.00. The van der Waals surface area contributed by atoms with Crippen molar-refractivity contribution < 1.29 is 18.4 Å². The fraction of sp³-hybridized carbons (Fsp3) is 0.250. The van der Waals surface area contributed by atoms with Gasteiger partial charge in [0.2, 0.25) is 5.91 Å². The van der Waals surface area contributed by atoms with Gasteiger partial charge in [0.05, 0.1) is 11.6 Å². The third-order valence-electron chi connectivity index (χ3n) is 3.64. The van der Waals surface area contributed by atoms with Crippen molar-refractivity contribution in [3.63, 3.8) is 0 Å². The fourth-order valence-electron chi connectivity index (χ4n) is 2.07. The maximum Gasteiger partial charge on any atom is 0.251 e. The summed E-state index contributed by atoms with van der Waals surface area (Å²) in [4.78, 5) is 25.2. The van der Waals surface area contributed by atoms with E-state index in [0.717, 1.165) is 6.07 Å². The normalized spacial score (nSPS) is 12.2. The molecule has 3 N–H and O–H groups in total. The van der Waals surface area contributed by atoms with E-state index in [1.807, 2.05) is 0 Å². The summed E-state index contributed by atoms with van der Waals surface area (Å²) in [6, 6.07) is 4.25. The molecule has 0 aliphatic carbocycles. The lowest BCUT2D eigenvalue weighted by Gasteiger charge is -2.24. The smallest absolute Gasteiger partial charge is 0.251 e. The monoisotopic (exact) mass is 353 g/mol. The molecule has 0 radical (unpaired) electrons. The molecule has 1 unspecified atom stereocenters. The number of carbonyl (C=O) groups excluding carboxylic acids is 2. The van der Waals surface area contributed by atoms with Gasteiger partial charge in [0.15, 0.2) is 0 Å². The van der Waals surface area contributed by atoms with E-state index >= 15 is 0 Å². The second kappa shape index (κ2) is 7.50. The molecule has 0 saturated heterocycles. The number of nitrogens with two attached hydrogens (primary N) is 1. The minimum atomic E-state index is -0.663. The van der Waals surface area contributed by atoms with Gasteiger partial charge in [-0.25, -0.2) is 8.78 Å². The summed E-state index contributed by atoms with van der Waals surface area (Å²) in [5, 5.41) is 4.67. The van der Waals surface area contributed by atoms with E-state index < -0.39 is 23.6 Å². The Bertz CT molecular complexity index is 764. The van der Waals surface area contributed by atoms with Crippen molar-refractivity contribution >= 4 is 28.2 Å². The topological polar surface area (TPSA) is 75.4 Å². The molecule has 5 nitrogen and oxygen atoms in total. The van der Waals surface area contributed by atoms with Crippen molar-refractivity contribution in [2.75, 3.05) is 12.4 Å². The Morgan fingerprint density at radius 1 is 1.33 bits per heavy atom. The van der Waals surface area contributed by atoms with Gasteiger partial charge in [0.25, 0.3) is 5.91 Å². The highest BCUT2D eigenvalue weighted by molar-refractivity contribution is 7.14. The number of anilines is 1. The average Bonchev–Trinajstić information content (AvgIpc) is 2.97. The van der Waals surface area contributed by atoms with Crippen LogP contribution in [0, 0.1) is 11.6 Å². The van der Waals surface area contributed by atoms with Gasteiger partial charge in [-0.1, -0.05) is 6.07 Å². The number of benzene rings is 1. The molecule has 1 heterocycles. The summed E-state index contributed by atoms with van der Waals surface area (Å²) in [6.07, 6.45) is 0. The van der Waals surface area contributed by atoms with Crippen molar-refractivity contribution in [3.8, 4) is 0 Å². The van der Waals surface area contributed by atoms with Gasteiger partial charge in [0, 0.05) is 18.2 Å². The van der Waals surface area contributed by atoms with Crippen LogP contribution in [-0.4, -0.2) is 29.8 Å². The number of nitrogens with zero attached hydrogens (tertiary/aromatic N) is 1. The number of carbonyl (C=O) groups is 2. The first-order valence-electron chi connectivity index (χ1n) is 7.12. The van der Waals surface area contributed by atoms with Crippen molar-refractivity contribution in [1.29, 1.82) is 0 Å². The van der Waals surface area contributed by atoms with Crippen LogP contribution in [0.5, 0.6) is 0 Å². The Labute approximate surface area is 142 Å². The zero-order chi connectivity index (χ0) is 17.9. The van der Waals surface area contributed by atoms with E-state index in [2.05, 4.69) is 5.32 Å². The number of thiophene rings is 1. The van der Waals surface area contributed by atoms with Gasteiger partial charge >= 0.3 is 0 Å². The Morgan fingerprint density at radius 2 is 2.04 bits per heavy atom. The minimum Gasteiger partial charge on any atom is -0.366 e. The number of halogens is 2. The number of likely N-dealkylation sites (N-methyl/N-ethyl adjacent to an activating group) is 1. The Hall–Kier alpha value is -2.32. The number of primary amides is 1. The van der Waals surface area contributed by atoms with Gasteiger partial charge < -0.3 is 11.1 Å². The van der Waals surface area contributed by atoms with Crippen LogP contribution in [-0.2, 0) is 11.3 Å². The molecule has 8 heteroatoms. The molecule has 0 bridgehead atoms. The fourth-order valence-corrected chi connectivity index (χ4v) is 2.87. The van der Waals surface area contributed by atoms with Crippen molar-refractivity contribution in [1.82, 2.24) is 4.90 Å². The molecule has 0 aliphatic rings. The van der Waals surface area contributed by atoms with Gasteiger partial charge in [-0.05, 0) is 31.5 Å². The zero-order valence-electron chi connectivity index (χ0n) is 13.2. The van der Waals surface area contributed by atoms with Gasteiger partial charge in [0.1, 0.15) is 16.6 Å². The molecular formula is C16H17F2N3O2S. The van der Waals surface area contributed by atoms with Crippen molar-refractivity contribution in [2.24, 2.45) is 5.73 Å². The summed E-state index contributed by atoms with van der Waals surface area (Å²) in [5.41, 5.74) is 5.76. The summed E-state index contributed by atoms with van der Waals surface area (Å²) < 4.78 is 26.6. The predicted molar refractivity (Wildman–Crippen MR) is 88.8 cm³/mol. The van der Waals surface area contributed by atoms with E-state index in [1.165, 1.54) is 29.5 Å². The number of amides is 2. The van der Waals surface area contributed by atoms with Crippen LogP contribution in [0.1, 0.15) is 22.8 Å². The molecule has 1 atom stereocenters. The lowest BCUT2D eigenvalue weighted by Crippen LogP contribution is -2.39. The molecule has 0 saturated carbocycles. The van der Waals surface area contributed by atoms with E-state index in [0.29, 0.717) is 5.00 Å². The lowest BCUT2D eigenvalue weighted by molar-refractivity contribution is -0.120. The second-order valence-electron chi connectivity index (χ2n) is 5.34. The summed E-state index contributed by atoms with van der Waals surface area (Å²) in [5.74, 6) is -2.30. The molecule has 1 aromatic carbocycles. The van der Waals surface area contributed by atoms with Crippen LogP contribution in [0.4, 0.5) is 13.8 Å². The molecule has 128 valence electrons. The Kier molecular flexibility index (Phi) is 5.63. The molecule has 2 aromatic rings. The molecule has 2 rings (SSSR count). The minimum absolute atomic E-state index is 0.133.